The number of rotatable bonds is 5. The molecule has 2 aliphatic heterocycles. The lowest BCUT2D eigenvalue weighted by Gasteiger charge is -2.33. The molecule has 20 heavy (non-hydrogen) atoms. The quantitative estimate of drug-likeness (QED) is 0.476. The minimum Gasteiger partial charge on any atom is -0.356 e. The highest BCUT2D eigenvalue weighted by Gasteiger charge is 2.18. The fraction of sp³-hybridized carbons (Fsp3) is 0.938. The monoisotopic (exact) mass is 280 g/mol. The molecule has 0 aromatic carbocycles. The zero-order valence-electron chi connectivity index (χ0n) is 13.4. The molecule has 0 aromatic heterocycles. The van der Waals surface area contributed by atoms with Crippen molar-refractivity contribution < 1.29 is 0 Å². The van der Waals surface area contributed by atoms with Crippen molar-refractivity contribution in [3.8, 4) is 0 Å². The normalized spacial score (nSPS) is 22.5. The fourth-order valence-corrected chi connectivity index (χ4v) is 3.22. The van der Waals surface area contributed by atoms with Gasteiger partial charge in [0.25, 0.3) is 0 Å². The molecule has 0 aromatic rings. The number of guanidine groups is 1. The van der Waals surface area contributed by atoms with Crippen molar-refractivity contribution in [1.82, 2.24) is 15.1 Å². The maximum absolute atomic E-state index is 4.43. The molecule has 0 unspecified atom stereocenters. The van der Waals surface area contributed by atoms with E-state index in [0.29, 0.717) is 0 Å². The molecule has 2 aliphatic rings. The van der Waals surface area contributed by atoms with Gasteiger partial charge in [0.2, 0.25) is 0 Å². The van der Waals surface area contributed by atoms with Crippen molar-refractivity contribution in [2.24, 2.45) is 10.9 Å². The van der Waals surface area contributed by atoms with Crippen molar-refractivity contribution in [2.45, 2.75) is 45.4 Å². The largest absolute Gasteiger partial charge is 0.356 e. The number of unbranched alkanes of at least 4 members (excludes halogenated alkanes) is 1. The Labute approximate surface area is 124 Å². The van der Waals surface area contributed by atoms with Crippen LogP contribution in [0.3, 0.4) is 0 Å². The van der Waals surface area contributed by atoms with Gasteiger partial charge in [0.15, 0.2) is 5.96 Å². The van der Waals surface area contributed by atoms with Gasteiger partial charge in [0.1, 0.15) is 0 Å². The summed E-state index contributed by atoms with van der Waals surface area (Å²) in [6, 6.07) is 0. The van der Waals surface area contributed by atoms with E-state index in [1.807, 2.05) is 7.05 Å². The summed E-state index contributed by atoms with van der Waals surface area (Å²) in [5.41, 5.74) is 0. The SMILES string of the molecule is CN=C(NCCCCN1CCCC1)N1CCC(C)CC1. The molecule has 2 fully saturated rings. The van der Waals surface area contributed by atoms with Crippen LogP contribution in [0.15, 0.2) is 4.99 Å². The first-order valence-corrected chi connectivity index (χ1v) is 8.47. The van der Waals surface area contributed by atoms with Gasteiger partial charge < -0.3 is 15.1 Å². The van der Waals surface area contributed by atoms with Crippen LogP contribution in [-0.4, -0.2) is 62.1 Å². The average molecular weight is 280 g/mol. The molecule has 0 spiro atoms. The standard InChI is InChI=1S/C16H32N4/c1-15-7-13-20(14-8-15)16(17-2)18-9-3-4-10-19-11-5-6-12-19/h15H,3-14H2,1-2H3,(H,17,18). The zero-order chi connectivity index (χ0) is 14.2. The lowest BCUT2D eigenvalue weighted by Crippen LogP contribution is -2.45. The zero-order valence-corrected chi connectivity index (χ0v) is 13.4. The summed E-state index contributed by atoms with van der Waals surface area (Å²) < 4.78 is 0. The Bertz CT molecular complexity index is 289. The van der Waals surface area contributed by atoms with Gasteiger partial charge in [-0.3, -0.25) is 4.99 Å². The van der Waals surface area contributed by atoms with E-state index in [-0.39, 0.29) is 0 Å². The van der Waals surface area contributed by atoms with Crippen LogP contribution in [0.25, 0.3) is 0 Å². The molecule has 0 saturated carbocycles. The van der Waals surface area contributed by atoms with Crippen LogP contribution in [0.2, 0.25) is 0 Å². The lowest BCUT2D eigenvalue weighted by molar-refractivity contribution is 0.273. The molecule has 1 N–H and O–H groups in total. The smallest absolute Gasteiger partial charge is 0.193 e. The first-order valence-electron chi connectivity index (χ1n) is 8.47. The van der Waals surface area contributed by atoms with E-state index in [4.69, 9.17) is 0 Å². The molecule has 0 atom stereocenters. The molecule has 0 amide bonds. The molecule has 116 valence electrons. The number of hydrogen-bond acceptors (Lipinski definition) is 2. The topological polar surface area (TPSA) is 30.9 Å². The van der Waals surface area contributed by atoms with E-state index >= 15 is 0 Å². The van der Waals surface area contributed by atoms with E-state index in [9.17, 15) is 0 Å². The lowest BCUT2D eigenvalue weighted by atomic mass is 10.00. The second kappa shape index (κ2) is 8.50. The minimum absolute atomic E-state index is 0.879. The maximum atomic E-state index is 4.43. The number of hydrogen-bond donors (Lipinski definition) is 1. The second-order valence-electron chi connectivity index (χ2n) is 6.40. The van der Waals surface area contributed by atoms with Crippen LogP contribution in [0, 0.1) is 5.92 Å². The summed E-state index contributed by atoms with van der Waals surface area (Å²) in [6.07, 6.45) is 7.96. The molecule has 2 saturated heterocycles. The molecule has 0 aliphatic carbocycles. The van der Waals surface area contributed by atoms with E-state index in [1.165, 1.54) is 58.2 Å². The molecule has 2 heterocycles. The van der Waals surface area contributed by atoms with Gasteiger partial charge in [0.05, 0.1) is 0 Å². The van der Waals surface area contributed by atoms with E-state index in [2.05, 4.69) is 27.0 Å². The summed E-state index contributed by atoms with van der Waals surface area (Å²) >= 11 is 0. The Morgan fingerprint density at radius 2 is 1.80 bits per heavy atom. The molecule has 4 heteroatoms. The second-order valence-corrected chi connectivity index (χ2v) is 6.40. The molecular weight excluding hydrogens is 248 g/mol. The fourth-order valence-electron chi connectivity index (χ4n) is 3.22. The third kappa shape index (κ3) is 4.97. The van der Waals surface area contributed by atoms with Crippen LogP contribution in [-0.2, 0) is 0 Å². The van der Waals surface area contributed by atoms with E-state index in [0.717, 1.165) is 31.5 Å². The number of aliphatic imine (C=N–C) groups is 1. The highest BCUT2D eigenvalue weighted by molar-refractivity contribution is 5.79. The maximum Gasteiger partial charge on any atom is 0.193 e. The van der Waals surface area contributed by atoms with Gasteiger partial charge >= 0.3 is 0 Å². The van der Waals surface area contributed by atoms with Gasteiger partial charge in [-0.15, -0.1) is 0 Å². The summed E-state index contributed by atoms with van der Waals surface area (Å²) in [5, 5.41) is 3.54. The summed E-state index contributed by atoms with van der Waals surface area (Å²) in [6.45, 7) is 9.66. The first kappa shape index (κ1) is 15.6. The predicted molar refractivity (Wildman–Crippen MR) is 86.2 cm³/mol. The number of nitrogens with zero attached hydrogens (tertiary/aromatic N) is 3. The Morgan fingerprint density at radius 3 is 2.45 bits per heavy atom. The van der Waals surface area contributed by atoms with Crippen LogP contribution >= 0.6 is 0 Å². The first-order chi connectivity index (χ1) is 9.79. The molecule has 0 bridgehead atoms. The van der Waals surface area contributed by atoms with Gasteiger partial charge in [-0.1, -0.05) is 6.92 Å². The van der Waals surface area contributed by atoms with Crippen molar-refractivity contribution in [1.29, 1.82) is 0 Å². The predicted octanol–water partition coefficient (Wildman–Crippen LogP) is 2.17. The van der Waals surface area contributed by atoms with E-state index < -0.39 is 0 Å². The number of piperidine rings is 1. The Morgan fingerprint density at radius 1 is 1.10 bits per heavy atom. The van der Waals surface area contributed by atoms with Crippen LogP contribution < -0.4 is 5.32 Å². The molecular formula is C16H32N4. The third-order valence-electron chi connectivity index (χ3n) is 4.68. The molecule has 2 rings (SSSR count). The summed E-state index contributed by atoms with van der Waals surface area (Å²) in [7, 11) is 1.91. The van der Waals surface area contributed by atoms with Gasteiger partial charge in [0, 0.05) is 26.7 Å². The van der Waals surface area contributed by atoms with E-state index in [1.54, 1.807) is 0 Å². The van der Waals surface area contributed by atoms with Crippen molar-refractivity contribution in [3.63, 3.8) is 0 Å². The van der Waals surface area contributed by atoms with Gasteiger partial charge in [-0.25, -0.2) is 0 Å². The number of nitrogens with one attached hydrogen (secondary N) is 1. The Balaban J connectivity index is 1.56. The van der Waals surface area contributed by atoms with Crippen molar-refractivity contribution >= 4 is 5.96 Å². The Kier molecular flexibility index (Phi) is 6.64. The van der Waals surface area contributed by atoms with Crippen LogP contribution in [0.5, 0.6) is 0 Å². The van der Waals surface area contributed by atoms with Crippen molar-refractivity contribution in [3.05, 3.63) is 0 Å². The summed E-state index contributed by atoms with van der Waals surface area (Å²) in [5.74, 6) is 1.99. The number of likely N-dealkylation sites (tertiary alicyclic amines) is 2. The van der Waals surface area contributed by atoms with Crippen LogP contribution in [0.1, 0.15) is 45.4 Å². The molecule has 0 radical (unpaired) electrons. The van der Waals surface area contributed by atoms with Crippen LogP contribution in [0.4, 0.5) is 0 Å². The highest BCUT2D eigenvalue weighted by atomic mass is 15.3. The van der Waals surface area contributed by atoms with Gasteiger partial charge in [-0.05, 0) is 64.1 Å². The van der Waals surface area contributed by atoms with Gasteiger partial charge in [-0.2, -0.15) is 0 Å². The average Bonchev–Trinajstić information content (AvgIpc) is 2.97. The Hall–Kier alpha value is -0.770. The summed E-state index contributed by atoms with van der Waals surface area (Å²) in [4.78, 5) is 9.45. The minimum atomic E-state index is 0.879. The highest BCUT2D eigenvalue weighted by Crippen LogP contribution is 2.15. The third-order valence-corrected chi connectivity index (χ3v) is 4.68. The molecule has 4 nitrogen and oxygen atoms in total. The van der Waals surface area contributed by atoms with Crippen molar-refractivity contribution in [2.75, 3.05) is 46.3 Å².